The second-order valence-electron chi connectivity index (χ2n) is 11.5. The number of benzene rings is 4. The minimum atomic E-state index is -4.32. The molecule has 0 aliphatic carbocycles. The first-order valence-corrected chi connectivity index (χ1v) is 16.4. The Kier molecular flexibility index (Phi) is 10.9. The summed E-state index contributed by atoms with van der Waals surface area (Å²) in [5.74, 6) is -1.76. The quantitative estimate of drug-likeness (QED) is 0.189. The van der Waals surface area contributed by atoms with Crippen molar-refractivity contribution in [1.29, 1.82) is 0 Å². The van der Waals surface area contributed by atoms with E-state index in [-0.39, 0.29) is 39.2 Å². The van der Waals surface area contributed by atoms with E-state index in [1.807, 2.05) is 51.1 Å². The van der Waals surface area contributed by atoms with Gasteiger partial charge in [-0.3, -0.25) is 13.9 Å². The molecule has 0 aromatic heterocycles. The predicted octanol–water partition coefficient (Wildman–Crippen LogP) is 6.88. The lowest BCUT2D eigenvalue weighted by Crippen LogP contribution is -2.56. The summed E-state index contributed by atoms with van der Waals surface area (Å²) in [5, 5.41) is 3.23. The SMILES string of the molecule is CC(C)(C)NC(=O)C(Cc1ccccc1)N(Cc1ccccc1F)C(=O)CN(c1ccc(Cl)c(Cl)c1)S(=O)(=O)c1ccccc1. The molecule has 7 nitrogen and oxygen atoms in total. The third-order valence-corrected chi connectivity index (χ3v) is 9.40. The fourth-order valence-electron chi connectivity index (χ4n) is 4.71. The maximum Gasteiger partial charge on any atom is 0.264 e. The molecule has 4 aromatic rings. The number of carbonyl (C=O) groups excluding carboxylic acids is 2. The van der Waals surface area contributed by atoms with Gasteiger partial charge in [0.2, 0.25) is 11.8 Å². The minimum absolute atomic E-state index is 0.0594. The first-order chi connectivity index (χ1) is 21.3. The Labute approximate surface area is 273 Å². The van der Waals surface area contributed by atoms with Crippen molar-refractivity contribution in [3.8, 4) is 0 Å². The Balaban J connectivity index is 1.84. The van der Waals surface area contributed by atoms with Crippen LogP contribution in [0.4, 0.5) is 10.1 Å². The standard InChI is InChI=1S/C34H34Cl2FN3O4S/c1-34(2,3)38-33(42)31(20-24-12-6-4-7-13-24)39(22-25-14-10-11-17-30(25)37)32(41)23-40(26-18-19-28(35)29(36)21-26)45(43,44)27-15-8-5-9-16-27/h4-19,21,31H,20,22-23H2,1-3H3,(H,38,42). The topological polar surface area (TPSA) is 86.8 Å². The number of carbonyl (C=O) groups is 2. The van der Waals surface area contributed by atoms with E-state index in [1.165, 1.54) is 53.4 Å². The molecular formula is C34H34Cl2FN3O4S. The Morgan fingerprint density at radius 1 is 0.844 bits per heavy atom. The van der Waals surface area contributed by atoms with Gasteiger partial charge in [0.25, 0.3) is 10.0 Å². The highest BCUT2D eigenvalue weighted by atomic mass is 35.5. The molecule has 1 unspecified atom stereocenters. The van der Waals surface area contributed by atoms with Crippen LogP contribution in [0.3, 0.4) is 0 Å². The molecule has 0 bridgehead atoms. The van der Waals surface area contributed by atoms with E-state index < -0.39 is 45.8 Å². The second kappa shape index (κ2) is 14.5. The Morgan fingerprint density at radius 3 is 2.04 bits per heavy atom. The summed E-state index contributed by atoms with van der Waals surface area (Å²) in [6, 6.07) is 25.8. The third-order valence-electron chi connectivity index (χ3n) is 6.87. The summed E-state index contributed by atoms with van der Waals surface area (Å²) in [7, 11) is -4.32. The van der Waals surface area contributed by atoms with Crippen molar-refractivity contribution in [2.45, 2.75) is 50.2 Å². The Hall–Kier alpha value is -3.92. The van der Waals surface area contributed by atoms with Crippen molar-refractivity contribution in [2.75, 3.05) is 10.8 Å². The van der Waals surface area contributed by atoms with Crippen molar-refractivity contribution in [3.05, 3.63) is 130 Å². The molecule has 0 saturated heterocycles. The molecule has 0 saturated carbocycles. The van der Waals surface area contributed by atoms with Crippen LogP contribution >= 0.6 is 23.2 Å². The van der Waals surface area contributed by atoms with Crippen LogP contribution in [-0.2, 0) is 32.6 Å². The average Bonchev–Trinajstić information content (AvgIpc) is 3.00. The fraction of sp³-hybridized carbons (Fsp3) is 0.235. The third kappa shape index (κ3) is 8.84. The number of sulfonamides is 1. The van der Waals surface area contributed by atoms with Gasteiger partial charge in [-0.2, -0.15) is 0 Å². The molecule has 236 valence electrons. The summed E-state index contributed by atoms with van der Waals surface area (Å²) in [4.78, 5) is 29.5. The zero-order valence-corrected chi connectivity index (χ0v) is 27.4. The van der Waals surface area contributed by atoms with E-state index in [0.717, 1.165) is 9.87 Å². The van der Waals surface area contributed by atoms with Gasteiger partial charge in [0.05, 0.1) is 20.6 Å². The molecule has 0 aliphatic heterocycles. The predicted molar refractivity (Wildman–Crippen MR) is 176 cm³/mol. The second-order valence-corrected chi connectivity index (χ2v) is 14.2. The molecule has 4 aromatic carbocycles. The Morgan fingerprint density at radius 2 is 1.44 bits per heavy atom. The molecule has 0 aliphatic rings. The number of rotatable bonds is 11. The number of hydrogen-bond acceptors (Lipinski definition) is 4. The molecule has 11 heteroatoms. The molecular weight excluding hydrogens is 636 g/mol. The number of halogens is 3. The van der Waals surface area contributed by atoms with Crippen molar-refractivity contribution >= 4 is 50.7 Å². The number of nitrogens with zero attached hydrogens (tertiary/aromatic N) is 2. The van der Waals surface area contributed by atoms with Gasteiger partial charge in [0.15, 0.2) is 0 Å². The maximum atomic E-state index is 15.0. The van der Waals surface area contributed by atoms with Gasteiger partial charge in [-0.05, 0) is 62.7 Å². The molecule has 0 heterocycles. The molecule has 2 amide bonds. The van der Waals surface area contributed by atoms with Gasteiger partial charge in [0, 0.05) is 24.1 Å². The molecule has 0 fully saturated rings. The van der Waals surface area contributed by atoms with Crippen LogP contribution in [0.5, 0.6) is 0 Å². The van der Waals surface area contributed by atoms with Crippen LogP contribution in [0, 0.1) is 5.82 Å². The van der Waals surface area contributed by atoms with Crippen LogP contribution in [-0.4, -0.2) is 43.3 Å². The van der Waals surface area contributed by atoms with E-state index in [2.05, 4.69) is 5.32 Å². The summed E-state index contributed by atoms with van der Waals surface area (Å²) >= 11 is 12.4. The Bertz CT molecular complexity index is 1750. The van der Waals surface area contributed by atoms with E-state index in [9.17, 15) is 18.0 Å². The van der Waals surface area contributed by atoms with Gasteiger partial charge < -0.3 is 10.2 Å². The van der Waals surface area contributed by atoms with Crippen molar-refractivity contribution < 1.29 is 22.4 Å². The van der Waals surface area contributed by atoms with Gasteiger partial charge in [-0.1, -0.05) is 89.9 Å². The lowest BCUT2D eigenvalue weighted by molar-refractivity contribution is -0.140. The van der Waals surface area contributed by atoms with Crippen LogP contribution < -0.4 is 9.62 Å². The zero-order chi connectivity index (χ0) is 32.8. The first-order valence-electron chi connectivity index (χ1n) is 14.2. The number of hydrogen-bond donors (Lipinski definition) is 1. The number of nitrogens with one attached hydrogen (secondary N) is 1. The molecule has 0 radical (unpaired) electrons. The average molecular weight is 671 g/mol. The molecule has 0 spiro atoms. The zero-order valence-electron chi connectivity index (χ0n) is 25.1. The van der Waals surface area contributed by atoms with Gasteiger partial charge in [0.1, 0.15) is 18.4 Å². The van der Waals surface area contributed by atoms with Crippen LogP contribution in [0.2, 0.25) is 10.0 Å². The molecule has 4 rings (SSSR count). The van der Waals surface area contributed by atoms with E-state index in [0.29, 0.717) is 0 Å². The largest absolute Gasteiger partial charge is 0.350 e. The van der Waals surface area contributed by atoms with Crippen molar-refractivity contribution in [3.63, 3.8) is 0 Å². The van der Waals surface area contributed by atoms with Gasteiger partial charge in [-0.15, -0.1) is 0 Å². The monoisotopic (exact) mass is 669 g/mol. The van der Waals surface area contributed by atoms with Crippen LogP contribution in [0.25, 0.3) is 0 Å². The maximum absolute atomic E-state index is 15.0. The van der Waals surface area contributed by atoms with Gasteiger partial charge >= 0.3 is 0 Å². The highest BCUT2D eigenvalue weighted by Gasteiger charge is 2.36. The summed E-state index contributed by atoms with van der Waals surface area (Å²) in [6.07, 6.45) is 0.0984. The van der Waals surface area contributed by atoms with Crippen molar-refractivity contribution in [1.82, 2.24) is 10.2 Å². The van der Waals surface area contributed by atoms with Crippen LogP contribution in [0.15, 0.2) is 108 Å². The lowest BCUT2D eigenvalue weighted by Gasteiger charge is -2.35. The minimum Gasteiger partial charge on any atom is -0.350 e. The summed E-state index contributed by atoms with van der Waals surface area (Å²) < 4.78 is 44.0. The van der Waals surface area contributed by atoms with E-state index in [4.69, 9.17) is 23.2 Å². The summed E-state index contributed by atoms with van der Waals surface area (Å²) in [6.45, 7) is 4.43. The molecule has 45 heavy (non-hydrogen) atoms. The van der Waals surface area contributed by atoms with Crippen LogP contribution in [0.1, 0.15) is 31.9 Å². The normalized spacial score (nSPS) is 12.3. The fourth-order valence-corrected chi connectivity index (χ4v) is 6.42. The molecule has 1 N–H and O–H groups in total. The number of anilines is 1. The number of amides is 2. The summed E-state index contributed by atoms with van der Waals surface area (Å²) in [5.41, 5.74) is 0.364. The smallest absolute Gasteiger partial charge is 0.264 e. The van der Waals surface area contributed by atoms with E-state index in [1.54, 1.807) is 24.3 Å². The lowest BCUT2D eigenvalue weighted by atomic mass is 10.0. The van der Waals surface area contributed by atoms with Gasteiger partial charge in [-0.25, -0.2) is 12.8 Å². The van der Waals surface area contributed by atoms with E-state index >= 15 is 4.39 Å². The molecule has 1 atom stereocenters. The highest BCUT2D eigenvalue weighted by Crippen LogP contribution is 2.31. The van der Waals surface area contributed by atoms with Crippen molar-refractivity contribution in [2.24, 2.45) is 0 Å². The highest BCUT2D eigenvalue weighted by molar-refractivity contribution is 7.92. The first kappa shape index (κ1) is 34.0.